The third kappa shape index (κ3) is 4.42. The molecule has 2 aromatic carbocycles. The van der Waals surface area contributed by atoms with Crippen LogP contribution in [0.5, 0.6) is 11.5 Å². The summed E-state index contributed by atoms with van der Waals surface area (Å²) in [5.41, 5.74) is 5.73. The minimum Gasteiger partial charge on any atom is -0.454 e. The van der Waals surface area contributed by atoms with E-state index < -0.39 is 24.4 Å². The van der Waals surface area contributed by atoms with Crippen molar-refractivity contribution in [1.29, 1.82) is 0 Å². The molecule has 144 valence electrons. The Labute approximate surface area is 164 Å². The Kier molecular flexibility index (Phi) is 5.84. The van der Waals surface area contributed by atoms with E-state index in [0.29, 0.717) is 11.3 Å². The van der Waals surface area contributed by atoms with Crippen LogP contribution in [-0.2, 0) is 0 Å². The van der Waals surface area contributed by atoms with Gasteiger partial charge in [0.15, 0.2) is 17.4 Å². The lowest BCUT2D eigenvalue weighted by molar-refractivity contribution is 0.0916. The van der Waals surface area contributed by atoms with E-state index in [1.165, 1.54) is 18.2 Å². The molecular weight excluding hydrogens is 389 g/mol. The second-order valence-electron chi connectivity index (χ2n) is 5.77. The Morgan fingerprint density at radius 3 is 2.50 bits per heavy atom. The maximum absolute atomic E-state index is 13.8. The van der Waals surface area contributed by atoms with Crippen molar-refractivity contribution in [2.45, 2.75) is 6.10 Å². The predicted molar refractivity (Wildman–Crippen MR) is 99.5 cm³/mol. The summed E-state index contributed by atoms with van der Waals surface area (Å²) in [5.74, 6) is -0.906. The van der Waals surface area contributed by atoms with Crippen LogP contribution in [0.3, 0.4) is 0 Å². The molecule has 0 radical (unpaired) electrons. The zero-order valence-corrected chi connectivity index (χ0v) is 15.1. The summed E-state index contributed by atoms with van der Waals surface area (Å²) >= 11 is 5.71. The number of rotatable bonds is 6. The minimum atomic E-state index is -1.28. The second-order valence-corrected chi connectivity index (χ2v) is 6.20. The number of ether oxygens (including phenoxy) is 1. The number of amides is 1. The highest BCUT2D eigenvalue weighted by molar-refractivity contribution is 6.30. The number of halogens is 2. The van der Waals surface area contributed by atoms with E-state index in [2.05, 4.69) is 9.97 Å². The molecule has 1 aromatic heterocycles. The van der Waals surface area contributed by atoms with E-state index in [0.717, 1.165) is 6.07 Å². The summed E-state index contributed by atoms with van der Waals surface area (Å²) in [6.07, 6.45) is -1.28. The van der Waals surface area contributed by atoms with Crippen LogP contribution >= 0.6 is 11.6 Å². The van der Waals surface area contributed by atoms with Crippen molar-refractivity contribution < 1.29 is 24.1 Å². The van der Waals surface area contributed by atoms with Crippen molar-refractivity contribution in [1.82, 2.24) is 9.97 Å². The molecule has 4 N–H and O–H groups in total. The summed E-state index contributed by atoms with van der Waals surface area (Å²) in [4.78, 5) is 19.7. The molecule has 28 heavy (non-hydrogen) atoms. The molecule has 0 spiro atoms. The van der Waals surface area contributed by atoms with Gasteiger partial charge in [0, 0.05) is 10.6 Å². The van der Waals surface area contributed by atoms with Crippen molar-refractivity contribution >= 4 is 17.5 Å². The molecule has 0 fully saturated rings. The van der Waals surface area contributed by atoms with Crippen LogP contribution in [0.2, 0.25) is 5.02 Å². The van der Waals surface area contributed by atoms with Gasteiger partial charge in [0.05, 0.1) is 12.3 Å². The van der Waals surface area contributed by atoms with E-state index >= 15 is 0 Å². The van der Waals surface area contributed by atoms with Gasteiger partial charge in [-0.3, -0.25) is 4.79 Å². The first-order valence-electron chi connectivity index (χ1n) is 8.08. The van der Waals surface area contributed by atoms with Crippen LogP contribution in [0.1, 0.15) is 22.3 Å². The molecule has 0 aliphatic rings. The number of benzene rings is 2. The second kappa shape index (κ2) is 8.30. The Balaban J connectivity index is 1.90. The highest BCUT2D eigenvalue weighted by Gasteiger charge is 2.16. The summed E-state index contributed by atoms with van der Waals surface area (Å²) in [7, 11) is 0. The number of aliphatic hydroxyl groups excluding tert-OH is 2. The molecule has 7 nitrogen and oxygen atoms in total. The van der Waals surface area contributed by atoms with Crippen LogP contribution < -0.4 is 10.5 Å². The van der Waals surface area contributed by atoms with Crippen LogP contribution in [0.25, 0.3) is 11.4 Å². The number of nitrogens with two attached hydrogens (primary N) is 1. The van der Waals surface area contributed by atoms with Crippen molar-refractivity contribution in [3.05, 3.63) is 70.8 Å². The van der Waals surface area contributed by atoms with Crippen LogP contribution in [0.4, 0.5) is 4.39 Å². The fourth-order valence-corrected chi connectivity index (χ4v) is 2.50. The molecule has 1 heterocycles. The van der Waals surface area contributed by atoms with Gasteiger partial charge in [-0.1, -0.05) is 11.6 Å². The molecule has 0 bridgehead atoms. The first kappa shape index (κ1) is 19.7. The van der Waals surface area contributed by atoms with Gasteiger partial charge in [0.1, 0.15) is 17.5 Å². The van der Waals surface area contributed by atoms with E-state index in [9.17, 15) is 14.3 Å². The first-order valence-corrected chi connectivity index (χ1v) is 8.46. The predicted octanol–water partition coefficient (Wildman–Crippen LogP) is 2.85. The fourth-order valence-electron chi connectivity index (χ4n) is 2.34. The normalized spacial score (nSPS) is 11.9. The zero-order valence-electron chi connectivity index (χ0n) is 14.3. The van der Waals surface area contributed by atoms with Crippen LogP contribution in [-0.4, -0.2) is 32.7 Å². The lowest BCUT2D eigenvalue weighted by Crippen LogP contribution is -2.16. The third-order valence-electron chi connectivity index (χ3n) is 3.75. The third-order valence-corrected chi connectivity index (χ3v) is 3.98. The minimum absolute atomic E-state index is 0.0116. The number of aromatic nitrogens is 2. The van der Waals surface area contributed by atoms with Crippen molar-refractivity contribution in [3.63, 3.8) is 0 Å². The first-order chi connectivity index (χ1) is 13.4. The number of primary amides is 1. The zero-order chi connectivity index (χ0) is 20.3. The average Bonchev–Trinajstić information content (AvgIpc) is 2.69. The van der Waals surface area contributed by atoms with Gasteiger partial charge in [0.25, 0.3) is 5.91 Å². The van der Waals surface area contributed by atoms with Crippen molar-refractivity contribution in [3.8, 4) is 22.9 Å². The van der Waals surface area contributed by atoms with Gasteiger partial charge in [0.2, 0.25) is 0 Å². The van der Waals surface area contributed by atoms with Crippen LogP contribution in [0, 0.1) is 5.82 Å². The van der Waals surface area contributed by atoms with Crippen molar-refractivity contribution in [2.75, 3.05) is 6.61 Å². The molecule has 9 heteroatoms. The summed E-state index contributed by atoms with van der Waals surface area (Å²) < 4.78 is 19.3. The van der Waals surface area contributed by atoms with E-state index in [1.54, 1.807) is 24.3 Å². The number of hydrogen-bond acceptors (Lipinski definition) is 6. The number of carbonyl (C=O) groups excluding carboxylic acids is 1. The number of carbonyl (C=O) groups is 1. The molecule has 0 saturated heterocycles. The largest absolute Gasteiger partial charge is 0.454 e. The van der Waals surface area contributed by atoms with Gasteiger partial charge in [-0.25, -0.2) is 14.4 Å². The monoisotopic (exact) mass is 403 g/mol. The quantitative estimate of drug-likeness (QED) is 0.582. The number of hydrogen-bond donors (Lipinski definition) is 3. The van der Waals surface area contributed by atoms with E-state index in [-0.39, 0.29) is 28.0 Å². The Hall–Kier alpha value is -3.07. The van der Waals surface area contributed by atoms with Gasteiger partial charge in [-0.15, -0.1) is 0 Å². The maximum atomic E-state index is 13.8. The summed E-state index contributed by atoms with van der Waals surface area (Å²) in [6, 6.07) is 11.6. The van der Waals surface area contributed by atoms with Crippen molar-refractivity contribution in [2.24, 2.45) is 5.73 Å². The smallest absolute Gasteiger partial charge is 0.267 e. The van der Waals surface area contributed by atoms with E-state index in [1.807, 2.05) is 0 Å². The molecule has 1 unspecified atom stereocenters. The SMILES string of the molecule is NC(=O)c1cc(C(O)CO)nc(-c2ccc(Oc3ccc(Cl)cc3F)cc2)n1. The standard InChI is InChI=1S/C19H15ClFN3O4/c20-11-3-6-17(13(21)7-11)28-12-4-1-10(2-5-12)19-23-14(16(26)9-25)8-15(24-19)18(22)27/h1-8,16,25-26H,9H2,(H2,22,27). The number of aliphatic hydroxyl groups is 2. The molecule has 0 saturated carbocycles. The summed E-state index contributed by atoms with van der Waals surface area (Å²) in [6.45, 7) is -0.575. The Morgan fingerprint density at radius 1 is 1.18 bits per heavy atom. The molecule has 1 amide bonds. The van der Waals surface area contributed by atoms with Gasteiger partial charge < -0.3 is 20.7 Å². The van der Waals surface area contributed by atoms with Gasteiger partial charge >= 0.3 is 0 Å². The molecule has 3 aromatic rings. The van der Waals surface area contributed by atoms with Crippen LogP contribution in [0.15, 0.2) is 48.5 Å². The molecule has 3 rings (SSSR count). The van der Waals surface area contributed by atoms with E-state index in [4.69, 9.17) is 27.2 Å². The summed E-state index contributed by atoms with van der Waals surface area (Å²) in [5, 5.41) is 19.2. The molecule has 0 aliphatic heterocycles. The Morgan fingerprint density at radius 2 is 1.89 bits per heavy atom. The highest BCUT2D eigenvalue weighted by atomic mass is 35.5. The molecule has 0 aliphatic carbocycles. The van der Waals surface area contributed by atoms with Gasteiger partial charge in [-0.05, 0) is 48.5 Å². The average molecular weight is 404 g/mol. The lowest BCUT2D eigenvalue weighted by Gasteiger charge is -2.11. The highest BCUT2D eigenvalue weighted by Crippen LogP contribution is 2.28. The topological polar surface area (TPSA) is 119 Å². The lowest BCUT2D eigenvalue weighted by atomic mass is 10.1. The number of nitrogens with zero attached hydrogens (tertiary/aromatic N) is 2. The molecular formula is C19H15ClFN3O4. The maximum Gasteiger partial charge on any atom is 0.267 e. The molecule has 1 atom stereocenters. The fraction of sp³-hybridized carbons (Fsp3) is 0.105. The Bertz CT molecular complexity index is 1010. The van der Waals surface area contributed by atoms with Gasteiger partial charge in [-0.2, -0.15) is 0 Å².